The molecule has 2 aromatic carbocycles. The molecule has 0 aliphatic rings. The van der Waals surface area contributed by atoms with E-state index in [0.717, 1.165) is 29.6 Å². The predicted octanol–water partition coefficient (Wildman–Crippen LogP) is 6.50. The van der Waals surface area contributed by atoms with Crippen LogP contribution in [0.2, 0.25) is 0 Å². The molecule has 8 nitrogen and oxygen atoms in total. The van der Waals surface area contributed by atoms with Crippen LogP contribution in [0.3, 0.4) is 0 Å². The van der Waals surface area contributed by atoms with Crippen molar-refractivity contribution in [3.05, 3.63) is 54.4 Å². The number of anilines is 1. The maximum Gasteiger partial charge on any atom is 0.411 e. The molecule has 0 saturated heterocycles. The zero-order valence-electron chi connectivity index (χ0n) is 21.2. The van der Waals surface area contributed by atoms with Gasteiger partial charge in [-0.05, 0) is 42.7 Å². The molecule has 9 heteroatoms. The lowest BCUT2D eigenvalue weighted by atomic mass is 10.0. The number of aromatic nitrogens is 2. The molecule has 196 valence electrons. The number of methoxy groups -OCH3 is 1. The van der Waals surface area contributed by atoms with E-state index in [-0.39, 0.29) is 10.6 Å². The molecule has 0 saturated carbocycles. The molecule has 36 heavy (non-hydrogen) atoms. The number of para-hydroxylation sites is 2. The summed E-state index contributed by atoms with van der Waals surface area (Å²) in [7, 11) is -3.04. The van der Waals surface area contributed by atoms with Crippen molar-refractivity contribution in [2.45, 2.75) is 82.4 Å². The minimum atomic E-state index is -4.27. The van der Waals surface area contributed by atoms with E-state index in [4.69, 9.17) is 9.02 Å². The molecular weight excluding hydrogens is 478 g/mol. The van der Waals surface area contributed by atoms with Gasteiger partial charge in [-0.25, -0.2) is 9.78 Å². The van der Waals surface area contributed by atoms with Gasteiger partial charge in [0.2, 0.25) is 0 Å². The molecule has 0 atom stereocenters. The molecule has 0 fully saturated rings. The predicted molar refractivity (Wildman–Crippen MR) is 142 cm³/mol. The van der Waals surface area contributed by atoms with Gasteiger partial charge in [-0.3, -0.25) is 9.60 Å². The molecule has 0 radical (unpaired) electrons. The molecule has 1 N–H and O–H groups in total. The molecule has 3 aromatic rings. The van der Waals surface area contributed by atoms with E-state index in [2.05, 4.69) is 17.2 Å². The van der Waals surface area contributed by atoms with Crippen molar-refractivity contribution in [1.29, 1.82) is 0 Å². The van der Waals surface area contributed by atoms with E-state index in [9.17, 15) is 13.2 Å². The molecule has 0 unspecified atom stereocenters. The summed E-state index contributed by atoms with van der Waals surface area (Å²) in [5.74, 6) is 0. The lowest BCUT2D eigenvalue weighted by Gasteiger charge is -2.14. The highest BCUT2D eigenvalue weighted by Crippen LogP contribution is 2.26. The Morgan fingerprint density at radius 2 is 1.61 bits per heavy atom. The Bertz CT molecular complexity index is 1220. The van der Waals surface area contributed by atoms with Crippen molar-refractivity contribution in [2.24, 2.45) is 0 Å². The van der Waals surface area contributed by atoms with Crippen molar-refractivity contribution >= 4 is 32.9 Å². The van der Waals surface area contributed by atoms with Crippen LogP contribution in [-0.4, -0.2) is 31.3 Å². The summed E-state index contributed by atoms with van der Waals surface area (Å²) in [6.07, 6.45) is 13.8. The number of aryl methyl sites for hydroxylation is 1. The monoisotopic (exact) mass is 515 g/mol. The third kappa shape index (κ3) is 7.98. The number of amides is 1. The number of nitrogens with one attached hydrogen (secondary N) is 1. The first-order chi connectivity index (χ1) is 17.4. The number of hydrogen-bond acceptors (Lipinski definition) is 6. The number of fused-ring (bicyclic) bond motifs is 1. The summed E-state index contributed by atoms with van der Waals surface area (Å²) in [5, 5.41) is 2.52. The molecule has 0 aliphatic heterocycles. The molecule has 0 aliphatic carbocycles. The third-order valence-electron chi connectivity index (χ3n) is 6.15. The lowest BCUT2D eigenvalue weighted by Crippen LogP contribution is -2.22. The van der Waals surface area contributed by atoms with Crippen LogP contribution in [0.1, 0.15) is 76.7 Å². The zero-order chi connectivity index (χ0) is 25.8. The highest BCUT2D eigenvalue weighted by molar-refractivity contribution is 7.87. The van der Waals surface area contributed by atoms with Crippen LogP contribution in [0.15, 0.2) is 53.7 Å². The first-order valence-electron chi connectivity index (χ1n) is 12.8. The fourth-order valence-corrected chi connectivity index (χ4v) is 5.19. The quantitative estimate of drug-likeness (QED) is 0.232. The van der Waals surface area contributed by atoms with E-state index < -0.39 is 16.2 Å². The fraction of sp³-hybridized carbons (Fsp3) is 0.481. The average Bonchev–Trinajstić information content (AvgIpc) is 3.27. The smallest absolute Gasteiger partial charge is 0.411 e. The highest BCUT2D eigenvalue weighted by atomic mass is 32.2. The van der Waals surface area contributed by atoms with Crippen molar-refractivity contribution in [3.63, 3.8) is 0 Å². The van der Waals surface area contributed by atoms with Crippen LogP contribution in [0.4, 0.5) is 10.5 Å². The summed E-state index contributed by atoms with van der Waals surface area (Å²) in [6.45, 7) is 2.23. The summed E-state index contributed by atoms with van der Waals surface area (Å²) in [6, 6.07) is 11.9. The van der Waals surface area contributed by atoms with Gasteiger partial charge < -0.3 is 4.74 Å². The Morgan fingerprint density at radius 3 is 2.31 bits per heavy atom. The van der Waals surface area contributed by atoms with Crippen molar-refractivity contribution < 1.29 is 22.2 Å². The second-order valence-corrected chi connectivity index (χ2v) is 10.5. The number of ether oxygens (including phenoxy) is 1. The fourth-order valence-electron chi connectivity index (χ4n) is 4.17. The van der Waals surface area contributed by atoms with Gasteiger partial charge in [0.1, 0.15) is 16.7 Å². The van der Waals surface area contributed by atoms with Crippen molar-refractivity contribution in [3.8, 4) is 0 Å². The van der Waals surface area contributed by atoms with Crippen molar-refractivity contribution in [2.75, 3.05) is 12.4 Å². The third-order valence-corrected chi connectivity index (χ3v) is 7.41. The van der Waals surface area contributed by atoms with Gasteiger partial charge in [0.05, 0.1) is 18.3 Å². The number of imidazole rings is 1. The van der Waals surface area contributed by atoms with Gasteiger partial charge in [-0.15, -0.1) is 0 Å². The summed E-state index contributed by atoms with van der Waals surface area (Å²) < 4.78 is 37.4. The maximum absolute atomic E-state index is 13.1. The maximum atomic E-state index is 13.1. The first-order valence-corrected chi connectivity index (χ1v) is 14.2. The van der Waals surface area contributed by atoms with E-state index in [1.165, 1.54) is 70.9 Å². The molecular formula is C27H37N3O5S. The number of nitrogens with zero attached hydrogens (tertiary/aromatic N) is 2. The van der Waals surface area contributed by atoms with Gasteiger partial charge in [0.25, 0.3) is 0 Å². The Labute approximate surface area is 214 Å². The summed E-state index contributed by atoms with van der Waals surface area (Å²) in [5.41, 5.74) is 2.18. The Hall–Kier alpha value is -3.07. The normalized spacial score (nSPS) is 11.5. The SMILES string of the molecule is CCCCCCCCCCCCc1ccc(S(=O)(=O)On2cnc3ccccc32)c(NC(=O)OC)c1. The minimum absolute atomic E-state index is 0.121. The summed E-state index contributed by atoms with van der Waals surface area (Å²) in [4.78, 5) is 15.9. The first kappa shape index (κ1) is 27.5. The van der Waals surface area contributed by atoms with E-state index in [1.54, 1.807) is 36.4 Å². The molecule has 0 bridgehead atoms. The van der Waals surface area contributed by atoms with Crippen LogP contribution in [0.5, 0.6) is 0 Å². The van der Waals surface area contributed by atoms with Crippen LogP contribution in [0, 0.1) is 0 Å². The van der Waals surface area contributed by atoms with Crippen LogP contribution in [0.25, 0.3) is 11.0 Å². The Kier molecular flexibility index (Phi) is 10.6. The standard InChI is InChI=1S/C27H37N3O5S/c1-3-4-5-6-7-8-9-10-11-12-15-22-18-19-26(24(20-22)29-27(31)34-2)36(32,33)35-30-21-28-23-16-13-14-17-25(23)30/h13-14,16-21H,3-12,15H2,1-2H3,(H,29,31). The number of unbranched alkanes of at least 4 members (excludes halogenated alkanes) is 9. The minimum Gasteiger partial charge on any atom is -0.453 e. The average molecular weight is 516 g/mol. The van der Waals surface area contributed by atoms with Crippen LogP contribution >= 0.6 is 0 Å². The van der Waals surface area contributed by atoms with Gasteiger partial charge in [-0.2, -0.15) is 13.1 Å². The zero-order valence-corrected chi connectivity index (χ0v) is 22.1. The molecule has 1 amide bonds. The second kappa shape index (κ2) is 13.9. The van der Waals surface area contributed by atoms with Gasteiger partial charge >= 0.3 is 16.2 Å². The van der Waals surface area contributed by atoms with Crippen molar-refractivity contribution in [1.82, 2.24) is 9.71 Å². The van der Waals surface area contributed by atoms with E-state index in [0.29, 0.717) is 11.0 Å². The lowest BCUT2D eigenvalue weighted by molar-refractivity contribution is 0.187. The number of carbonyl (C=O) groups is 1. The highest BCUT2D eigenvalue weighted by Gasteiger charge is 2.24. The molecule has 1 heterocycles. The van der Waals surface area contributed by atoms with Gasteiger partial charge in [0, 0.05) is 0 Å². The van der Waals surface area contributed by atoms with Gasteiger partial charge in [-0.1, -0.05) is 82.9 Å². The number of hydrogen-bond donors (Lipinski definition) is 1. The van der Waals surface area contributed by atoms with Crippen LogP contribution in [-0.2, 0) is 21.3 Å². The number of carbonyl (C=O) groups excluding carboxylic acids is 1. The van der Waals surface area contributed by atoms with Gasteiger partial charge in [0.15, 0.2) is 0 Å². The molecule has 3 rings (SSSR count). The second-order valence-electron chi connectivity index (χ2n) is 8.97. The van der Waals surface area contributed by atoms with Crippen LogP contribution < -0.4 is 9.60 Å². The Balaban J connectivity index is 1.62. The van der Waals surface area contributed by atoms with E-state index in [1.807, 2.05) is 0 Å². The molecule has 0 spiro atoms. The largest absolute Gasteiger partial charge is 0.453 e. The summed E-state index contributed by atoms with van der Waals surface area (Å²) >= 11 is 0. The number of benzene rings is 2. The topological polar surface area (TPSA) is 99.5 Å². The van der Waals surface area contributed by atoms with E-state index >= 15 is 0 Å². The number of rotatable bonds is 15. The molecule has 1 aromatic heterocycles. The Morgan fingerprint density at radius 1 is 0.944 bits per heavy atom.